The van der Waals surface area contributed by atoms with Gasteiger partial charge in [-0.15, -0.1) is 0 Å². The zero-order valence-electron chi connectivity index (χ0n) is 9.02. The predicted molar refractivity (Wildman–Crippen MR) is 58.2 cm³/mol. The van der Waals surface area contributed by atoms with Crippen molar-refractivity contribution >= 4 is 10.0 Å². The van der Waals surface area contributed by atoms with Gasteiger partial charge in [-0.2, -0.15) is 0 Å². The van der Waals surface area contributed by atoms with Crippen LogP contribution >= 0.6 is 0 Å². The van der Waals surface area contributed by atoms with Crippen molar-refractivity contribution in [3.8, 4) is 0 Å². The van der Waals surface area contributed by atoms with E-state index in [2.05, 4.69) is 0 Å². The van der Waals surface area contributed by atoms with Crippen molar-refractivity contribution in [2.24, 2.45) is 0 Å². The summed E-state index contributed by atoms with van der Waals surface area (Å²) >= 11 is 0. The van der Waals surface area contributed by atoms with E-state index in [-0.39, 0.29) is 5.25 Å². The Morgan fingerprint density at radius 1 is 1.00 bits per heavy atom. The normalized spacial score (nSPS) is 26.7. The number of hydrogen-bond donors (Lipinski definition) is 0. The number of sulfonamides is 1. The van der Waals surface area contributed by atoms with Crippen molar-refractivity contribution in [1.29, 1.82) is 0 Å². The number of rotatable bonds is 2. The lowest BCUT2D eigenvalue weighted by Crippen LogP contribution is -2.43. The Labute approximate surface area is 91.6 Å². The lowest BCUT2D eigenvalue weighted by molar-refractivity contribution is 0.0970. The molecule has 0 aliphatic carbocycles. The molecule has 0 atom stereocenters. The average Bonchev–Trinajstić information content (AvgIpc) is 2.31. The van der Waals surface area contributed by atoms with Crippen LogP contribution in [0.2, 0.25) is 0 Å². The van der Waals surface area contributed by atoms with Gasteiger partial charge in [-0.3, -0.25) is 0 Å². The standard InChI is InChI=1S/C10H19NO3S/c12-15(13,10-4-8-14-9-5-10)11-6-2-1-3-7-11/h10H,1-9H2. The van der Waals surface area contributed by atoms with Crippen LogP contribution in [-0.4, -0.2) is 44.3 Å². The lowest BCUT2D eigenvalue weighted by atomic mass is 10.2. The highest BCUT2D eigenvalue weighted by atomic mass is 32.2. The number of hydrogen-bond acceptors (Lipinski definition) is 3. The number of ether oxygens (including phenoxy) is 1. The summed E-state index contributed by atoms with van der Waals surface area (Å²) in [4.78, 5) is 0. The van der Waals surface area contributed by atoms with E-state index < -0.39 is 10.0 Å². The van der Waals surface area contributed by atoms with Gasteiger partial charge in [0.05, 0.1) is 5.25 Å². The minimum atomic E-state index is -3.03. The van der Waals surface area contributed by atoms with Gasteiger partial charge in [-0.1, -0.05) is 6.42 Å². The number of piperidine rings is 1. The van der Waals surface area contributed by atoms with Crippen LogP contribution in [0.4, 0.5) is 0 Å². The fraction of sp³-hybridized carbons (Fsp3) is 1.00. The first-order valence-electron chi connectivity index (χ1n) is 5.78. The molecule has 2 aliphatic rings. The van der Waals surface area contributed by atoms with Crippen LogP contribution in [-0.2, 0) is 14.8 Å². The Balaban J connectivity index is 2.03. The minimum Gasteiger partial charge on any atom is -0.381 e. The third-order valence-corrected chi connectivity index (χ3v) is 5.66. The molecule has 0 aromatic heterocycles. The maximum atomic E-state index is 12.2. The van der Waals surface area contributed by atoms with Gasteiger partial charge in [0.1, 0.15) is 0 Å². The Morgan fingerprint density at radius 2 is 1.60 bits per heavy atom. The van der Waals surface area contributed by atoms with E-state index in [1.54, 1.807) is 4.31 Å². The molecule has 0 N–H and O–H groups in total. The van der Waals surface area contributed by atoms with Crippen molar-refractivity contribution in [3.63, 3.8) is 0 Å². The topological polar surface area (TPSA) is 46.6 Å². The van der Waals surface area contributed by atoms with Gasteiger partial charge in [0.25, 0.3) is 0 Å². The molecule has 4 nitrogen and oxygen atoms in total. The summed E-state index contributed by atoms with van der Waals surface area (Å²) in [5.74, 6) is 0. The van der Waals surface area contributed by atoms with Gasteiger partial charge in [-0.25, -0.2) is 12.7 Å². The van der Waals surface area contributed by atoms with Crippen LogP contribution in [0.25, 0.3) is 0 Å². The van der Waals surface area contributed by atoms with Crippen LogP contribution in [0.3, 0.4) is 0 Å². The molecule has 0 spiro atoms. The van der Waals surface area contributed by atoms with Crippen LogP contribution in [0, 0.1) is 0 Å². The molecule has 0 aromatic carbocycles. The summed E-state index contributed by atoms with van der Waals surface area (Å²) < 4.78 is 31.3. The summed E-state index contributed by atoms with van der Waals surface area (Å²) in [6.45, 7) is 2.63. The third kappa shape index (κ3) is 2.52. The van der Waals surface area contributed by atoms with E-state index in [1.165, 1.54) is 6.42 Å². The van der Waals surface area contributed by atoms with Crippen molar-refractivity contribution in [3.05, 3.63) is 0 Å². The molecular weight excluding hydrogens is 214 g/mol. The second kappa shape index (κ2) is 4.80. The second-order valence-corrected chi connectivity index (χ2v) is 6.53. The van der Waals surface area contributed by atoms with Crippen molar-refractivity contribution in [2.75, 3.05) is 26.3 Å². The van der Waals surface area contributed by atoms with Gasteiger partial charge in [0, 0.05) is 26.3 Å². The van der Waals surface area contributed by atoms with E-state index in [9.17, 15) is 8.42 Å². The molecule has 0 unspecified atom stereocenters. The van der Waals surface area contributed by atoms with Crippen molar-refractivity contribution < 1.29 is 13.2 Å². The quantitative estimate of drug-likeness (QED) is 0.714. The van der Waals surface area contributed by atoms with Gasteiger partial charge < -0.3 is 4.74 Å². The smallest absolute Gasteiger partial charge is 0.217 e. The minimum absolute atomic E-state index is 0.190. The van der Waals surface area contributed by atoms with Crippen LogP contribution in [0.15, 0.2) is 0 Å². The zero-order valence-corrected chi connectivity index (χ0v) is 9.84. The SMILES string of the molecule is O=S(=O)(C1CCOCC1)N1CCCCC1. The monoisotopic (exact) mass is 233 g/mol. The van der Waals surface area contributed by atoms with Gasteiger partial charge in [0.2, 0.25) is 10.0 Å². The second-order valence-electron chi connectivity index (χ2n) is 4.32. The first-order valence-corrected chi connectivity index (χ1v) is 7.28. The fourth-order valence-corrected chi connectivity index (χ4v) is 4.28. The van der Waals surface area contributed by atoms with Gasteiger partial charge >= 0.3 is 0 Å². The highest BCUT2D eigenvalue weighted by Gasteiger charge is 2.33. The molecular formula is C10H19NO3S. The molecule has 2 heterocycles. The molecule has 2 fully saturated rings. The van der Waals surface area contributed by atoms with Crippen molar-refractivity contribution in [1.82, 2.24) is 4.31 Å². The van der Waals surface area contributed by atoms with E-state index in [1.807, 2.05) is 0 Å². The van der Waals surface area contributed by atoms with E-state index in [0.717, 1.165) is 25.9 Å². The van der Waals surface area contributed by atoms with E-state index in [4.69, 9.17) is 4.74 Å². The largest absolute Gasteiger partial charge is 0.381 e. The first-order chi connectivity index (χ1) is 7.21. The maximum Gasteiger partial charge on any atom is 0.217 e. The average molecular weight is 233 g/mol. The Morgan fingerprint density at radius 3 is 2.20 bits per heavy atom. The lowest BCUT2D eigenvalue weighted by Gasteiger charge is -2.31. The van der Waals surface area contributed by atoms with E-state index in [0.29, 0.717) is 26.1 Å². The Bertz CT molecular complexity index is 266. The third-order valence-electron chi connectivity index (χ3n) is 3.26. The molecule has 5 heteroatoms. The molecule has 0 amide bonds. The highest BCUT2D eigenvalue weighted by Crippen LogP contribution is 2.22. The van der Waals surface area contributed by atoms with Crippen LogP contribution in [0.1, 0.15) is 32.1 Å². The first kappa shape index (κ1) is 11.4. The summed E-state index contributed by atoms with van der Waals surface area (Å²) in [7, 11) is -3.03. The summed E-state index contributed by atoms with van der Waals surface area (Å²) in [6.07, 6.45) is 4.53. The zero-order chi connectivity index (χ0) is 10.7. The van der Waals surface area contributed by atoms with Crippen LogP contribution < -0.4 is 0 Å². The molecule has 0 radical (unpaired) electrons. The molecule has 2 saturated heterocycles. The number of nitrogens with zero attached hydrogens (tertiary/aromatic N) is 1. The predicted octanol–water partition coefficient (Wildman–Crippen LogP) is 0.981. The fourth-order valence-electron chi connectivity index (χ4n) is 2.30. The molecule has 0 bridgehead atoms. The Kier molecular flexibility index (Phi) is 3.64. The molecule has 15 heavy (non-hydrogen) atoms. The van der Waals surface area contributed by atoms with E-state index >= 15 is 0 Å². The maximum absolute atomic E-state index is 12.2. The van der Waals surface area contributed by atoms with Crippen molar-refractivity contribution in [2.45, 2.75) is 37.4 Å². The molecule has 88 valence electrons. The molecule has 2 rings (SSSR count). The molecule has 0 saturated carbocycles. The summed E-state index contributed by atoms with van der Waals surface area (Å²) in [5.41, 5.74) is 0. The molecule has 2 aliphatic heterocycles. The highest BCUT2D eigenvalue weighted by molar-refractivity contribution is 7.89. The Hall–Kier alpha value is -0.130. The summed E-state index contributed by atoms with van der Waals surface area (Å²) in [6, 6.07) is 0. The summed E-state index contributed by atoms with van der Waals surface area (Å²) in [5, 5.41) is -0.190. The van der Waals surface area contributed by atoms with Gasteiger partial charge in [0.15, 0.2) is 0 Å². The van der Waals surface area contributed by atoms with Gasteiger partial charge in [-0.05, 0) is 25.7 Å². The van der Waals surface area contributed by atoms with Crippen LogP contribution in [0.5, 0.6) is 0 Å². The molecule has 0 aromatic rings.